The van der Waals surface area contributed by atoms with Crippen LogP contribution in [0, 0.1) is 23.2 Å². The largest absolute Gasteiger partial charge is 0.256 e. The third-order valence-electron chi connectivity index (χ3n) is 5.83. The van der Waals surface area contributed by atoms with Gasteiger partial charge in [-0.3, -0.25) is 4.98 Å². The summed E-state index contributed by atoms with van der Waals surface area (Å²) in [7, 11) is 0. The number of pyridine rings is 1. The molecule has 0 aliphatic heterocycles. The normalized spacial score (nSPS) is 21.2. The van der Waals surface area contributed by atoms with Gasteiger partial charge in [0, 0.05) is 23.2 Å². The van der Waals surface area contributed by atoms with Crippen molar-refractivity contribution in [2.45, 2.75) is 26.2 Å². The van der Waals surface area contributed by atoms with Crippen molar-refractivity contribution in [3.63, 3.8) is 0 Å². The van der Waals surface area contributed by atoms with E-state index in [-0.39, 0.29) is 0 Å². The molecule has 1 aromatic carbocycles. The van der Waals surface area contributed by atoms with Gasteiger partial charge in [0.05, 0.1) is 29.7 Å². The standard InChI is InChI=1S/C24H22N4/c1-16-11-20-14-27-28-15-24(20)22(17(16)2)10-9-21-8-7-19(13-26-21)23-6-4-3-5-18(23)12-25/h3-10,13-17,22H,11H2,1-2H3/t16-,17+,22-/m0/s1. The Morgan fingerprint density at radius 1 is 1.04 bits per heavy atom. The molecule has 138 valence electrons. The van der Waals surface area contributed by atoms with E-state index in [4.69, 9.17) is 0 Å². The van der Waals surface area contributed by atoms with Gasteiger partial charge in [-0.1, -0.05) is 44.2 Å². The number of rotatable bonds is 3. The lowest BCUT2D eigenvalue weighted by atomic mass is 9.71. The summed E-state index contributed by atoms with van der Waals surface area (Å²) in [6.07, 6.45) is 11.0. The van der Waals surface area contributed by atoms with Crippen LogP contribution in [0.4, 0.5) is 0 Å². The molecule has 0 bridgehead atoms. The van der Waals surface area contributed by atoms with Crippen LogP contribution in [0.5, 0.6) is 0 Å². The Kier molecular flexibility index (Phi) is 4.99. The van der Waals surface area contributed by atoms with Crippen molar-refractivity contribution < 1.29 is 0 Å². The molecular weight excluding hydrogens is 344 g/mol. The fraction of sp³-hybridized carbons (Fsp3) is 0.250. The summed E-state index contributed by atoms with van der Waals surface area (Å²) in [6, 6.07) is 13.9. The predicted molar refractivity (Wildman–Crippen MR) is 110 cm³/mol. The van der Waals surface area contributed by atoms with E-state index in [0.29, 0.717) is 23.3 Å². The zero-order valence-electron chi connectivity index (χ0n) is 16.1. The van der Waals surface area contributed by atoms with Gasteiger partial charge in [0.25, 0.3) is 0 Å². The molecule has 0 unspecified atom stereocenters. The number of allylic oxidation sites excluding steroid dienone is 1. The first kappa shape index (κ1) is 18.1. The zero-order valence-corrected chi connectivity index (χ0v) is 16.1. The van der Waals surface area contributed by atoms with Crippen LogP contribution in [-0.2, 0) is 6.42 Å². The quantitative estimate of drug-likeness (QED) is 0.652. The van der Waals surface area contributed by atoms with Crippen molar-refractivity contribution in [3.05, 3.63) is 83.4 Å². The highest BCUT2D eigenvalue weighted by atomic mass is 15.1. The highest BCUT2D eigenvalue weighted by molar-refractivity contribution is 5.70. The SMILES string of the molecule is C[C@H]1[C@H](C=Cc2ccc(-c3ccccc3C#N)cn2)c2cnncc2C[C@@H]1C. The maximum atomic E-state index is 9.30. The average Bonchev–Trinajstić information content (AvgIpc) is 2.74. The number of fused-ring (bicyclic) bond motifs is 1. The number of nitriles is 1. The van der Waals surface area contributed by atoms with Gasteiger partial charge in [-0.2, -0.15) is 15.5 Å². The lowest BCUT2D eigenvalue weighted by molar-refractivity contribution is 0.330. The molecule has 0 spiro atoms. The number of nitrogens with zero attached hydrogens (tertiary/aromatic N) is 4. The second kappa shape index (κ2) is 7.74. The Morgan fingerprint density at radius 2 is 1.86 bits per heavy atom. The number of benzene rings is 1. The van der Waals surface area contributed by atoms with E-state index in [0.717, 1.165) is 23.2 Å². The maximum absolute atomic E-state index is 9.30. The van der Waals surface area contributed by atoms with E-state index in [1.807, 2.05) is 55.0 Å². The fourth-order valence-electron chi connectivity index (χ4n) is 3.97. The number of hydrogen-bond acceptors (Lipinski definition) is 4. The molecule has 0 amide bonds. The molecule has 0 N–H and O–H groups in total. The highest BCUT2D eigenvalue weighted by Crippen LogP contribution is 2.39. The molecule has 1 aliphatic carbocycles. The van der Waals surface area contributed by atoms with E-state index >= 15 is 0 Å². The van der Waals surface area contributed by atoms with Gasteiger partial charge in [0.15, 0.2) is 0 Å². The van der Waals surface area contributed by atoms with Gasteiger partial charge in [-0.15, -0.1) is 0 Å². The Labute approximate surface area is 165 Å². The molecular formula is C24H22N4. The molecule has 1 aliphatic rings. The molecule has 4 nitrogen and oxygen atoms in total. The molecule has 4 rings (SSSR count). The fourth-order valence-corrected chi connectivity index (χ4v) is 3.97. The second-order valence-electron chi connectivity index (χ2n) is 7.52. The van der Waals surface area contributed by atoms with Crippen molar-refractivity contribution >= 4 is 6.08 Å². The van der Waals surface area contributed by atoms with Gasteiger partial charge < -0.3 is 0 Å². The van der Waals surface area contributed by atoms with Crippen molar-refractivity contribution in [1.29, 1.82) is 5.26 Å². The van der Waals surface area contributed by atoms with Crippen molar-refractivity contribution in [2.75, 3.05) is 0 Å². The lowest BCUT2D eigenvalue weighted by Gasteiger charge is -2.33. The summed E-state index contributed by atoms with van der Waals surface area (Å²) in [5, 5.41) is 17.4. The molecule has 3 atom stereocenters. The minimum absolute atomic E-state index is 0.315. The first-order chi connectivity index (χ1) is 13.7. The summed E-state index contributed by atoms with van der Waals surface area (Å²) >= 11 is 0. The first-order valence-electron chi connectivity index (χ1n) is 9.60. The van der Waals surface area contributed by atoms with E-state index < -0.39 is 0 Å². The Bertz CT molecular complexity index is 1050. The molecule has 3 aromatic rings. The topological polar surface area (TPSA) is 62.5 Å². The van der Waals surface area contributed by atoms with E-state index in [9.17, 15) is 5.26 Å². The van der Waals surface area contributed by atoms with Crippen LogP contribution in [0.3, 0.4) is 0 Å². The molecule has 2 heterocycles. The minimum Gasteiger partial charge on any atom is -0.256 e. The molecule has 0 fully saturated rings. The molecule has 0 radical (unpaired) electrons. The number of aromatic nitrogens is 3. The third kappa shape index (κ3) is 3.44. The summed E-state index contributed by atoms with van der Waals surface area (Å²) < 4.78 is 0. The minimum atomic E-state index is 0.315. The first-order valence-corrected chi connectivity index (χ1v) is 9.60. The van der Waals surface area contributed by atoms with Gasteiger partial charge >= 0.3 is 0 Å². The summed E-state index contributed by atoms with van der Waals surface area (Å²) in [6.45, 7) is 4.60. The van der Waals surface area contributed by atoms with E-state index in [2.05, 4.69) is 47.3 Å². The molecule has 0 saturated heterocycles. The zero-order chi connectivity index (χ0) is 19.5. The van der Waals surface area contributed by atoms with Crippen LogP contribution >= 0.6 is 0 Å². The summed E-state index contributed by atoms with van der Waals surface area (Å²) in [5.74, 6) is 1.45. The summed E-state index contributed by atoms with van der Waals surface area (Å²) in [5.41, 5.74) is 6.01. The third-order valence-corrected chi connectivity index (χ3v) is 5.83. The Hall–Kier alpha value is -3.32. The van der Waals surface area contributed by atoms with Crippen LogP contribution in [0.25, 0.3) is 17.2 Å². The van der Waals surface area contributed by atoms with Crippen molar-refractivity contribution in [2.24, 2.45) is 11.8 Å². The monoisotopic (exact) mass is 366 g/mol. The molecule has 2 aromatic heterocycles. The number of hydrogen-bond donors (Lipinski definition) is 0. The second-order valence-corrected chi connectivity index (χ2v) is 7.52. The van der Waals surface area contributed by atoms with Crippen molar-refractivity contribution in [3.8, 4) is 17.2 Å². The lowest BCUT2D eigenvalue weighted by Crippen LogP contribution is -2.25. The van der Waals surface area contributed by atoms with Crippen LogP contribution in [0.2, 0.25) is 0 Å². The van der Waals surface area contributed by atoms with Gasteiger partial charge in [-0.05, 0) is 47.6 Å². The van der Waals surface area contributed by atoms with Gasteiger partial charge in [0.1, 0.15) is 0 Å². The van der Waals surface area contributed by atoms with Crippen LogP contribution in [-0.4, -0.2) is 15.2 Å². The van der Waals surface area contributed by atoms with E-state index in [1.165, 1.54) is 11.1 Å². The predicted octanol–water partition coefficient (Wildman–Crippen LogP) is 5.04. The van der Waals surface area contributed by atoms with Crippen LogP contribution in [0.1, 0.15) is 42.1 Å². The molecule has 28 heavy (non-hydrogen) atoms. The summed E-state index contributed by atoms with van der Waals surface area (Å²) in [4.78, 5) is 4.59. The van der Waals surface area contributed by atoms with Crippen LogP contribution < -0.4 is 0 Å². The van der Waals surface area contributed by atoms with E-state index in [1.54, 1.807) is 0 Å². The Balaban J connectivity index is 1.60. The maximum Gasteiger partial charge on any atom is 0.0998 e. The van der Waals surface area contributed by atoms with Crippen LogP contribution in [0.15, 0.2) is 61.1 Å². The molecule has 4 heteroatoms. The Morgan fingerprint density at radius 3 is 2.64 bits per heavy atom. The van der Waals surface area contributed by atoms with Gasteiger partial charge in [-0.25, -0.2) is 0 Å². The van der Waals surface area contributed by atoms with Gasteiger partial charge in [0.2, 0.25) is 0 Å². The molecule has 0 saturated carbocycles. The van der Waals surface area contributed by atoms with Crippen molar-refractivity contribution in [1.82, 2.24) is 15.2 Å². The smallest absolute Gasteiger partial charge is 0.0998 e. The highest BCUT2D eigenvalue weighted by Gasteiger charge is 2.30. The average molecular weight is 366 g/mol.